The molecule has 3 aliphatic heterocycles. The van der Waals surface area contributed by atoms with Crippen LogP contribution in [0.5, 0.6) is 11.5 Å². The zero-order valence-electron chi connectivity index (χ0n) is 18.4. The van der Waals surface area contributed by atoms with Crippen molar-refractivity contribution in [2.45, 2.75) is 31.2 Å². The Bertz CT molecular complexity index is 1220. The predicted molar refractivity (Wildman–Crippen MR) is 123 cm³/mol. The van der Waals surface area contributed by atoms with Gasteiger partial charge in [0.1, 0.15) is 10.7 Å². The number of carbonyl (C=O) groups is 1. The molecule has 0 radical (unpaired) electrons. The van der Waals surface area contributed by atoms with Crippen LogP contribution in [-0.2, 0) is 21.4 Å². The molecular formula is C23H26N4O5S. The van der Waals surface area contributed by atoms with Crippen LogP contribution in [0.1, 0.15) is 24.0 Å². The molecule has 5 rings (SSSR count). The van der Waals surface area contributed by atoms with E-state index in [0.29, 0.717) is 24.6 Å². The van der Waals surface area contributed by atoms with E-state index in [1.54, 1.807) is 18.2 Å². The first-order valence-electron chi connectivity index (χ1n) is 11.0. The lowest BCUT2D eigenvalue weighted by molar-refractivity contribution is -0.132. The molecule has 174 valence electrons. The summed E-state index contributed by atoms with van der Waals surface area (Å²) in [7, 11) is -3.74. The van der Waals surface area contributed by atoms with Gasteiger partial charge in [0.25, 0.3) is 10.0 Å². The minimum absolute atomic E-state index is 0.00895. The molecule has 1 fully saturated rings. The van der Waals surface area contributed by atoms with E-state index in [9.17, 15) is 13.2 Å². The molecule has 0 saturated carbocycles. The normalized spacial score (nSPS) is 18.9. The number of carbonyl (C=O) groups excluding carboxylic acids is 1. The number of anilines is 1. The smallest absolute Gasteiger partial charge is 0.286 e. The monoisotopic (exact) mass is 470 g/mol. The second-order valence-corrected chi connectivity index (χ2v) is 10.1. The summed E-state index contributed by atoms with van der Waals surface area (Å²) in [6.45, 7) is 5.79. The highest BCUT2D eigenvalue weighted by Crippen LogP contribution is 2.33. The van der Waals surface area contributed by atoms with Gasteiger partial charge in [-0.25, -0.2) is 0 Å². The third-order valence-corrected chi connectivity index (χ3v) is 7.44. The van der Waals surface area contributed by atoms with Crippen molar-refractivity contribution in [3.63, 3.8) is 0 Å². The summed E-state index contributed by atoms with van der Waals surface area (Å²) in [6, 6.07) is 11.1. The molecule has 1 saturated heterocycles. The van der Waals surface area contributed by atoms with E-state index in [0.717, 1.165) is 42.3 Å². The Kier molecular flexibility index (Phi) is 5.71. The van der Waals surface area contributed by atoms with Gasteiger partial charge in [-0.05, 0) is 42.3 Å². The Morgan fingerprint density at radius 1 is 1.06 bits per heavy atom. The minimum Gasteiger partial charge on any atom is -0.454 e. The maximum absolute atomic E-state index is 12.7. The number of rotatable bonds is 5. The number of hydrogen-bond donors (Lipinski definition) is 1. The minimum atomic E-state index is -3.74. The van der Waals surface area contributed by atoms with Crippen LogP contribution < -0.4 is 14.8 Å². The second kappa shape index (κ2) is 8.68. The van der Waals surface area contributed by atoms with Crippen molar-refractivity contribution < 1.29 is 22.7 Å². The van der Waals surface area contributed by atoms with Crippen LogP contribution in [0, 0.1) is 6.92 Å². The number of hydrogen-bond acceptors (Lipinski definition) is 7. The van der Waals surface area contributed by atoms with Crippen LogP contribution >= 0.6 is 0 Å². The fourth-order valence-corrected chi connectivity index (χ4v) is 5.44. The molecule has 0 aliphatic carbocycles. The molecular weight excluding hydrogens is 444 g/mol. The summed E-state index contributed by atoms with van der Waals surface area (Å²) < 4.78 is 39.6. The van der Waals surface area contributed by atoms with Gasteiger partial charge in [-0.3, -0.25) is 9.69 Å². The first kappa shape index (κ1) is 21.7. The van der Waals surface area contributed by atoms with Crippen molar-refractivity contribution >= 4 is 27.5 Å². The Balaban J connectivity index is 1.13. The fourth-order valence-electron chi connectivity index (χ4n) is 4.28. The zero-order chi connectivity index (χ0) is 23.0. The molecule has 0 aromatic heterocycles. The number of benzene rings is 2. The molecule has 9 nitrogen and oxygen atoms in total. The molecule has 2 aromatic carbocycles. The Morgan fingerprint density at radius 2 is 1.85 bits per heavy atom. The zero-order valence-corrected chi connectivity index (χ0v) is 19.2. The van der Waals surface area contributed by atoms with Crippen molar-refractivity contribution in [1.82, 2.24) is 9.80 Å². The molecule has 2 aromatic rings. The van der Waals surface area contributed by atoms with E-state index in [1.807, 2.05) is 30.0 Å². The second-order valence-electron chi connectivity index (χ2n) is 8.48. The highest BCUT2D eigenvalue weighted by atomic mass is 32.2. The van der Waals surface area contributed by atoms with Crippen LogP contribution in [0.25, 0.3) is 0 Å². The largest absolute Gasteiger partial charge is 0.454 e. The van der Waals surface area contributed by atoms with Gasteiger partial charge in [0.05, 0.1) is 5.69 Å². The fraction of sp³-hybridized carbons (Fsp3) is 0.391. The van der Waals surface area contributed by atoms with Crippen LogP contribution in [0.3, 0.4) is 0 Å². The molecule has 0 atom stereocenters. The summed E-state index contributed by atoms with van der Waals surface area (Å²) in [4.78, 5) is 17.1. The Labute approximate surface area is 193 Å². The predicted octanol–water partition coefficient (Wildman–Crippen LogP) is 2.36. The number of ether oxygens (including phenoxy) is 2. The van der Waals surface area contributed by atoms with Crippen molar-refractivity contribution in [3.8, 4) is 11.5 Å². The van der Waals surface area contributed by atoms with E-state index in [-0.39, 0.29) is 30.4 Å². The van der Waals surface area contributed by atoms with Crippen LogP contribution in [-0.4, -0.2) is 62.9 Å². The van der Waals surface area contributed by atoms with Gasteiger partial charge < -0.3 is 19.7 Å². The maximum Gasteiger partial charge on any atom is 0.286 e. The number of nitrogens with zero attached hydrogens (tertiary/aromatic N) is 3. The molecule has 1 N–H and O–H groups in total. The van der Waals surface area contributed by atoms with Gasteiger partial charge in [-0.15, -0.1) is 4.40 Å². The van der Waals surface area contributed by atoms with E-state index in [1.165, 1.54) is 0 Å². The summed E-state index contributed by atoms with van der Waals surface area (Å²) in [6.07, 6.45) is 0.466. The van der Waals surface area contributed by atoms with Gasteiger partial charge in [0.2, 0.25) is 12.7 Å². The number of sulfonamides is 1. The SMILES string of the molecule is Cc1ccc2c(c1)NC(CCC(=O)N1CCN(Cc3ccc4c(c3)OCO4)CC1)=NS2(=O)=O. The van der Waals surface area contributed by atoms with Gasteiger partial charge in [0, 0.05) is 45.6 Å². The van der Waals surface area contributed by atoms with Crippen molar-refractivity contribution in [3.05, 3.63) is 47.5 Å². The molecule has 0 bridgehead atoms. The highest BCUT2D eigenvalue weighted by Gasteiger charge is 2.26. The van der Waals surface area contributed by atoms with Gasteiger partial charge >= 0.3 is 0 Å². The van der Waals surface area contributed by atoms with E-state index in [4.69, 9.17) is 9.47 Å². The third-order valence-electron chi connectivity index (χ3n) is 6.07. The number of fused-ring (bicyclic) bond motifs is 2. The quantitative estimate of drug-likeness (QED) is 0.716. The van der Waals surface area contributed by atoms with Gasteiger partial charge in [0.15, 0.2) is 11.5 Å². The van der Waals surface area contributed by atoms with Crippen LogP contribution in [0.15, 0.2) is 45.7 Å². The average Bonchev–Trinajstić information content (AvgIpc) is 3.25. The van der Waals surface area contributed by atoms with Crippen molar-refractivity contribution in [2.24, 2.45) is 4.40 Å². The highest BCUT2D eigenvalue weighted by molar-refractivity contribution is 7.90. The van der Waals surface area contributed by atoms with Crippen LogP contribution in [0.4, 0.5) is 5.69 Å². The maximum atomic E-state index is 12.7. The van der Waals surface area contributed by atoms with E-state index in [2.05, 4.69) is 14.6 Å². The van der Waals surface area contributed by atoms with Crippen LogP contribution in [0.2, 0.25) is 0 Å². The Morgan fingerprint density at radius 3 is 2.67 bits per heavy atom. The number of amidine groups is 1. The number of amides is 1. The van der Waals surface area contributed by atoms with Crippen molar-refractivity contribution in [1.29, 1.82) is 0 Å². The summed E-state index contributed by atoms with van der Waals surface area (Å²) in [5.74, 6) is 1.87. The topological polar surface area (TPSA) is 101 Å². The summed E-state index contributed by atoms with van der Waals surface area (Å²) in [5, 5.41) is 3.08. The molecule has 10 heteroatoms. The molecule has 1 amide bonds. The lowest BCUT2D eigenvalue weighted by Crippen LogP contribution is -2.48. The van der Waals surface area contributed by atoms with E-state index >= 15 is 0 Å². The lowest BCUT2D eigenvalue weighted by Gasteiger charge is -2.35. The number of nitrogens with one attached hydrogen (secondary N) is 1. The summed E-state index contributed by atoms with van der Waals surface area (Å²) in [5.41, 5.74) is 2.62. The number of aryl methyl sites for hydroxylation is 1. The van der Waals surface area contributed by atoms with Gasteiger partial charge in [-0.1, -0.05) is 12.1 Å². The molecule has 3 aliphatic rings. The van der Waals surface area contributed by atoms with Crippen molar-refractivity contribution in [2.75, 3.05) is 38.3 Å². The first-order chi connectivity index (χ1) is 15.9. The average molecular weight is 471 g/mol. The third kappa shape index (κ3) is 4.67. The molecule has 33 heavy (non-hydrogen) atoms. The molecule has 3 heterocycles. The summed E-state index contributed by atoms with van der Waals surface area (Å²) >= 11 is 0. The molecule has 0 spiro atoms. The van der Waals surface area contributed by atoms with E-state index < -0.39 is 10.0 Å². The van der Waals surface area contributed by atoms with Gasteiger partial charge in [-0.2, -0.15) is 8.42 Å². The lowest BCUT2D eigenvalue weighted by atomic mass is 10.1. The molecule has 0 unspecified atom stereocenters. The number of piperazine rings is 1. The first-order valence-corrected chi connectivity index (χ1v) is 12.4. The standard InChI is InChI=1S/C23H26N4O5S/c1-16-2-5-21-18(12-16)24-22(25-33(21,29)30)6-7-23(28)27-10-8-26(9-11-27)14-17-3-4-19-20(13-17)32-15-31-19/h2-5,12-13H,6-11,14-15H2,1H3,(H,24,25). The Hall–Kier alpha value is -3.11.